The van der Waals surface area contributed by atoms with Crippen LogP contribution in [0.1, 0.15) is 28.8 Å². The van der Waals surface area contributed by atoms with Gasteiger partial charge in [0.05, 0.1) is 11.3 Å². The van der Waals surface area contributed by atoms with E-state index in [0.29, 0.717) is 17.4 Å². The van der Waals surface area contributed by atoms with Gasteiger partial charge in [-0.2, -0.15) is 0 Å². The van der Waals surface area contributed by atoms with E-state index < -0.39 is 16.0 Å². The van der Waals surface area contributed by atoms with E-state index in [-0.39, 0.29) is 30.1 Å². The van der Waals surface area contributed by atoms with E-state index in [1.807, 2.05) is 18.2 Å². The fraction of sp³-hybridized carbons (Fsp3) is 0.182. The molecule has 0 amide bonds. The summed E-state index contributed by atoms with van der Waals surface area (Å²) in [6.07, 6.45) is 0.226. The van der Waals surface area contributed by atoms with Gasteiger partial charge in [0.2, 0.25) is 10.0 Å². The molecule has 0 aromatic heterocycles. The van der Waals surface area contributed by atoms with Crippen LogP contribution in [-0.2, 0) is 21.2 Å². The number of carbonyl (C=O) groups excluding carboxylic acids is 1. The molecule has 0 unspecified atom stereocenters. The molecular formula is C22H21NO5S. The number of aliphatic carboxylic acids is 1. The highest BCUT2D eigenvalue weighted by Gasteiger charge is 2.16. The number of hydrogen-bond acceptors (Lipinski definition) is 4. The van der Waals surface area contributed by atoms with Crippen molar-refractivity contribution in [2.24, 2.45) is 0 Å². The van der Waals surface area contributed by atoms with Crippen LogP contribution in [0, 0.1) is 0 Å². The quantitative estimate of drug-likeness (QED) is 0.526. The van der Waals surface area contributed by atoms with Crippen LogP contribution in [-0.4, -0.2) is 31.8 Å². The standard InChI is InChI=1S/C22H21NO5S/c24-20(12-13-22(25)26)18-10-8-16(9-11-18)14-15-23-29(27,28)21-7-3-5-17-4-1-2-6-19(17)21/h1-11,23H,12-15H2,(H,25,26). The van der Waals surface area contributed by atoms with Crippen molar-refractivity contribution in [1.29, 1.82) is 0 Å². The van der Waals surface area contributed by atoms with Gasteiger partial charge in [0.15, 0.2) is 5.78 Å². The third kappa shape index (κ3) is 5.28. The molecule has 0 radical (unpaired) electrons. The molecule has 0 saturated carbocycles. The van der Waals surface area contributed by atoms with Crippen molar-refractivity contribution in [3.05, 3.63) is 77.9 Å². The van der Waals surface area contributed by atoms with E-state index >= 15 is 0 Å². The molecule has 0 fully saturated rings. The van der Waals surface area contributed by atoms with Gasteiger partial charge in [-0.1, -0.05) is 60.7 Å². The first-order valence-corrected chi connectivity index (χ1v) is 10.7. The Bertz CT molecular complexity index is 1130. The second kappa shape index (κ2) is 8.98. The highest BCUT2D eigenvalue weighted by molar-refractivity contribution is 7.89. The number of ketones is 1. The molecule has 0 atom stereocenters. The second-order valence-corrected chi connectivity index (χ2v) is 8.37. The summed E-state index contributed by atoms with van der Waals surface area (Å²) >= 11 is 0. The average molecular weight is 411 g/mol. The minimum atomic E-state index is -3.65. The highest BCUT2D eigenvalue weighted by Crippen LogP contribution is 2.22. The Morgan fingerprint density at radius 3 is 2.28 bits per heavy atom. The number of rotatable bonds is 9. The van der Waals surface area contributed by atoms with E-state index in [9.17, 15) is 18.0 Å². The number of benzene rings is 3. The molecule has 150 valence electrons. The number of carboxylic acid groups (broad SMARTS) is 1. The van der Waals surface area contributed by atoms with Crippen LogP contribution in [0.5, 0.6) is 0 Å². The normalized spacial score (nSPS) is 11.4. The summed E-state index contributed by atoms with van der Waals surface area (Å²) in [6, 6.07) is 19.3. The maximum atomic E-state index is 12.7. The van der Waals surface area contributed by atoms with E-state index in [0.717, 1.165) is 10.9 Å². The van der Waals surface area contributed by atoms with Gasteiger partial charge in [-0.15, -0.1) is 0 Å². The molecule has 0 heterocycles. The Kier molecular flexibility index (Phi) is 6.41. The zero-order valence-electron chi connectivity index (χ0n) is 15.7. The Balaban J connectivity index is 1.62. The van der Waals surface area contributed by atoms with Gasteiger partial charge in [0.1, 0.15) is 0 Å². The minimum absolute atomic E-state index is 0.0422. The number of carboxylic acids is 1. The highest BCUT2D eigenvalue weighted by atomic mass is 32.2. The summed E-state index contributed by atoms with van der Waals surface area (Å²) in [7, 11) is -3.65. The monoisotopic (exact) mass is 411 g/mol. The maximum Gasteiger partial charge on any atom is 0.303 e. The summed E-state index contributed by atoms with van der Waals surface area (Å²) in [5.74, 6) is -1.23. The molecular weight excluding hydrogens is 390 g/mol. The van der Waals surface area contributed by atoms with Crippen LogP contribution < -0.4 is 4.72 Å². The number of hydrogen-bond donors (Lipinski definition) is 2. The van der Waals surface area contributed by atoms with Gasteiger partial charge < -0.3 is 5.11 Å². The second-order valence-electron chi connectivity index (χ2n) is 6.64. The average Bonchev–Trinajstić information content (AvgIpc) is 2.72. The number of Topliss-reactive ketones (excluding diaryl/α,β-unsaturated/α-hetero) is 1. The van der Waals surface area contributed by atoms with Crippen molar-refractivity contribution in [3.63, 3.8) is 0 Å². The molecule has 0 aliphatic rings. The van der Waals surface area contributed by atoms with Gasteiger partial charge in [-0.25, -0.2) is 13.1 Å². The molecule has 29 heavy (non-hydrogen) atoms. The summed E-state index contributed by atoms with van der Waals surface area (Å²) in [6.45, 7) is 0.220. The summed E-state index contributed by atoms with van der Waals surface area (Å²) in [5.41, 5.74) is 1.33. The first kappa shape index (κ1) is 20.7. The van der Waals surface area contributed by atoms with Gasteiger partial charge in [0.25, 0.3) is 0 Å². The molecule has 0 bridgehead atoms. The Morgan fingerprint density at radius 1 is 0.862 bits per heavy atom. The number of fused-ring (bicyclic) bond motifs is 1. The van der Waals surface area contributed by atoms with Crippen molar-refractivity contribution in [2.45, 2.75) is 24.2 Å². The van der Waals surface area contributed by atoms with Crippen LogP contribution in [0.2, 0.25) is 0 Å². The van der Waals surface area contributed by atoms with Crippen LogP contribution in [0.3, 0.4) is 0 Å². The predicted molar refractivity (Wildman–Crippen MR) is 110 cm³/mol. The molecule has 3 rings (SSSR count). The molecule has 0 aliphatic carbocycles. The molecule has 0 spiro atoms. The maximum absolute atomic E-state index is 12.7. The molecule has 0 saturated heterocycles. The lowest BCUT2D eigenvalue weighted by atomic mass is 10.0. The fourth-order valence-corrected chi connectivity index (χ4v) is 4.32. The first-order valence-electron chi connectivity index (χ1n) is 9.18. The topological polar surface area (TPSA) is 101 Å². The van der Waals surface area contributed by atoms with Crippen LogP contribution in [0.4, 0.5) is 0 Å². The van der Waals surface area contributed by atoms with Gasteiger partial charge in [0, 0.05) is 23.9 Å². The van der Waals surface area contributed by atoms with Crippen molar-refractivity contribution >= 4 is 32.5 Å². The summed E-state index contributed by atoms with van der Waals surface area (Å²) < 4.78 is 28.0. The Hall–Kier alpha value is -3.03. The lowest BCUT2D eigenvalue weighted by Gasteiger charge is -2.10. The zero-order valence-corrected chi connectivity index (χ0v) is 16.5. The number of sulfonamides is 1. The lowest BCUT2D eigenvalue weighted by Crippen LogP contribution is -2.26. The number of carbonyl (C=O) groups is 2. The Labute approximate surface area is 169 Å². The molecule has 3 aromatic carbocycles. The summed E-state index contributed by atoms with van der Waals surface area (Å²) in [4.78, 5) is 22.7. The molecule has 7 heteroatoms. The van der Waals surface area contributed by atoms with E-state index in [4.69, 9.17) is 5.11 Å². The van der Waals surface area contributed by atoms with Crippen molar-refractivity contribution in [2.75, 3.05) is 6.54 Å². The van der Waals surface area contributed by atoms with Crippen LogP contribution in [0.15, 0.2) is 71.6 Å². The first-order chi connectivity index (χ1) is 13.9. The SMILES string of the molecule is O=C(O)CCC(=O)c1ccc(CCNS(=O)(=O)c2cccc3ccccc23)cc1. The summed E-state index contributed by atoms with van der Waals surface area (Å²) in [5, 5.41) is 10.2. The van der Waals surface area contributed by atoms with Crippen molar-refractivity contribution in [3.8, 4) is 0 Å². The largest absolute Gasteiger partial charge is 0.481 e. The lowest BCUT2D eigenvalue weighted by molar-refractivity contribution is -0.136. The van der Waals surface area contributed by atoms with Crippen LogP contribution in [0.25, 0.3) is 10.8 Å². The van der Waals surface area contributed by atoms with Gasteiger partial charge in [-0.3, -0.25) is 9.59 Å². The third-order valence-corrected chi connectivity index (χ3v) is 6.11. The van der Waals surface area contributed by atoms with E-state index in [1.165, 1.54) is 0 Å². The van der Waals surface area contributed by atoms with Gasteiger partial charge >= 0.3 is 5.97 Å². The van der Waals surface area contributed by atoms with Crippen molar-refractivity contribution in [1.82, 2.24) is 4.72 Å². The molecule has 2 N–H and O–H groups in total. The van der Waals surface area contributed by atoms with Crippen molar-refractivity contribution < 1.29 is 23.1 Å². The predicted octanol–water partition coefficient (Wildman–Crippen LogP) is 3.41. The van der Waals surface area contributed by atoms with E-state index in [1.54, 1.807) is 48.5 Å². The van der Waals surface area contributed by atoms with Crippen LogP contribution >= 0.6 is 0 Å². The molecule has 3 aromatic rings. The van der Waals surface area contributed by atoms with E-state index in [2.05, 4.69) is 4.72 Å². The van der Waals surface area contributed by atoms with Gasteiger partial charge in [-0.05, 0) is 23.4 Å². The molecule has 6 nitrogen and oxygen atoms in total. The third-order valence-electron chi connectivity index (χ3n) is 4.59. The minimum Gasteiger partial charge on any atom is -0.481 e. The smallest absolute Gasteiger partial charge is 0.303 e. The number of nitrogens with one attached hydrogen (secondary N) is 1. The zero-order chi connectivity index (χ0) is 20.9. The molecule has 0 aliphatic heterocycles. The fourth-order valence-electron chi connectivity index (χ4n) is 3.06. The Morgan fingerprint density at radius 2 is 1.55 bits per heavy atom.